The number of nitrogens with one attached hydrogen (secondary N) is 1. The van der Waals surface area contributed by atoms with Gasteiger partial charge in [-0.1, -0.05) is 24.3 Å². The van der Waals surface area contributed by atoms with E-state index in [4.69, 9.17) is 5.26 Å². The van der Waals surface area contributed by atoms with Gasteiger partial charge in [-0.3, -0.25) is 4.90 Å². The van der Waals surface area contributed by atoms with Crippen molar-refractivity contribution in [3.63, 3.8) is 0 Å². The van der Waals surface area contributed by atoms with Crippen molar-refractivity contribution in [1.29, 1.82) is 5.26 Å². The molecule has 2 aromatic rings. The average Bonchev–Trinajstić information content (AvgIpc) is 2.50. The molecule has 1 aliphatic rings. The smallest absolute Gasteiger partial charge is 0.156 e. The van der Waals surface area contributed by atoms with Crippen LogP contribution in [0.2, 0.25) is 0 Å². The second kappa shape index (κ2) is 5.85. The number of rotatable bonds is 3. The SMILES string of the molecule is N#CCN1CCC(Nc2nncc3ccccc23)CC1. The number of piperidine rings is 1. The molecule has 1 saturated heterocycles. The summed E-state index contributed by atoms with van der Waals surface area (Å²) in [6.07, 6.45) is 3.86. The highest BCUT2D eigenvalue weighted by molar-refractivity contribution is 5.90. The summed E-state index contributed by atoms with van der Waals surface area (Å²) in [6.45, 7) is 2.45. The van der Waals surface area contributed by atoms with Crippen LogP contribution in [0, 0.1) is 11.3 Å². The largest absolute Gasteiger partial charge is 0.365 e. The lowest BCUT2D eigenvalue weighted by Crippen LogP contribution is -2.39. The monoisotopic (exact) mass is 267 g/mol. The zero-order chi connectivity index (χ0) is 13.8. The van der Waals surface area contributed by atoms with Crippen LogP contribution in [0.5, 0.6) is 0 Å². The van der Waals surface area contributed by atoms with E-state index in [0.29, 0.717) is 12.6 Å². The van der Waals surface area contributed by atoms with Gasteiger partial charge in [0.05, 0.1) is 18.8 Å². The van der Waals surface area contributed by atoms with Crippen LogP contribution >= 0.6 is 0 Å². The number of anilines is 1. The lowest BCUT2D eigenvalue weighted by atomic mass is 10.0. The fourth-order valence-corrected chi connectivity index (χ4v) is 2.66. The zero-order valence-corrected chi connectivity index (χ0v) is 11.3. The van der Waals surface area contributed by atoms with Crippen LogP contribution in [-0.2, 0) is 0 Å². The summed E-state index contributed by atoms with van der Waals surface area (Å²) in [5.41, 5.74) is 0. The maximum absolute atomic E-state index is 8.71. The van der Waals surface area contributed by atoms with Crippen molar-refractivity contribution in [3.8, 4) is 6.07 Å². The molecule has 2 heterocycles. The van der Waals surface area contributed by atoms with Crippen LogP contribution in [0.1, 0.15) is 12.8 Å². The molecule has 5 nitrogen and oxygen atoms in total. The molecule has 0 radical (unpaired) electrons. The second-order valence-corrected chi connectivity index (χ2v) is 5.13. The molecule has 20 heavy (non-hydrogen) atoms. The molecule has 1 fully saturated rings. The minimum Gasteiger partial charge on any atom is -0.365 e. The standard InChI is InChI=1S/C15H17N5/c16-7-10-20-8-5-13(6-9-20)18-15-14-4-2-1-3-12(14)11-17-19-15/h1-4,11,13H,5-6,8-10H2,(H,18,19). The molecule has 5 heteroatoms. The zero-order valence-electron chi connectivity index (χ0n) is 11.3. The van der Waals surface area contributed by atoms with E-state index in [1.54, 1.807) is 6.20 Å². The van der Waals surface area contributed by atoms with E-state index in [1.807, 2.05) is 18.2 Å². The summed E-state index contributed by atoms with van der Waals surface area (Å²) in [5, 5.41) is 22.7. The van der Waals surface area contributed by atoms with Gasteiger partial charge in [-0.15, -0.1) is 5.10 Å². The maximum atomic E-state index is 8.71. The summed E-state index contributed by atoms with van der Waals surface area (Å²) >= 11 is 0. The fraction of sp³-hybridized carbons (Fsp3) is 0.400. The molecular weight excluding hydrogens is 250 g/mol. The van der Waals surface area contributed by atoms with Crippen molar-refractivity contribution < 1.29 is 0 Å². The van der Waals surface area contributed by atoms with E-state index in [-0.39, 0.29) is 0 Å². The number of nitrogens with zero attached hydrogens (tertiary/aromatic N) is 4. The first-order valence-corrected chi connectivity index (χ1v) is 6.93. The van der Waals surface area contributed by atoms with Crippen LogP contribution in [0.3, 0.4) is 0 Å². The third kappa shape index (κ3) is 2.70. The molecule has 0 bridgehead atoms. The number of hydrogen-bond acceptors (Lipinski definition) is 5. The molecule has 1 N–H and O–H groups in total. The van der Waals surface area contributed by atoms with Crippen molar-refractivity contribution in [3.05, 3.63) is 30.5 Å². The van der Waals surface area contributed by atoms with Crippen LogP contribution in [0.15, 0.2) is 30.5 Å². The number of aromatic nitrogens is 2. The number of fused-ring (bicyclic) bond motifs is 1. The van der Waals surface area contributed by atoms with E-state index < -0.39 is 0 Å². The molecule has 0 atom stereocenters. The highest BCUT2D eigenvalue weighted by Crippen LogP contribution is 2.22. The molecule has 3 rings (SSSR count). The Hall–Kier alpha value is -2.19. The Morgan fingerprint density at radius 3 is 2.90 bits per heavy atom. The fourth-order valence-electron chi connectivity index (χ4n) is 2.66. The van der Waals surface area contributed by atoms with Crippen LogP contribution in [0.4, 0.5) is 5.82 Å². The molecule has 102 valence electrons. The summed E-state index contributed by atoms with van der Waals surface area (Å²) in [6, 6.07) is 10.8. The summed E-state index contributed by atoms with van der Waals surface area (Å²) < 4.78 is 0. The van der Waals surface area contributed by atoms with E-state index in [0.717, 1.165) is 42.5 Å². The number of hydrogen-bond donors (Lipinski definition) is 1. The predicted molar refractivity (Wildman–Crippen MR) is 78.2 cm³/mol. The van der Waals surface area contributed by atoms with Gasteiger partial charge in [-0.05, 0) is 12.8 Å². The Labute approximate surface area is 118 Å². The summed E-state index contributed by atoms with van der Waals surface area (Å²) in [7, 11) is 0. The van der Waals surface area contributed by atoms with Crippen molar-refractivity contribution in [2.75, 3.05) is 25.0 Å². The molecule has 0 unspecified atom stereocenters. The number of nitriles is 1. The first-order valence-electron chi connectivity index (χ1n) is 6.93. The molecular formula is C15H17N5. The second-order valence-electron chi connectivity index (χ2n) is 5.13. The van der Waals surface area contributed by atoms with Crippen molar-refractivity contribution in [1.82, 2.24) is 15.1 Å². The van der Waals surface area contributed by atoms with Crippen LogP contribution < -0.4 is 5.32 Å². The van der Waals surface area contributed by atoms with E-state index in [1.165, 1.54) is 0 Å². The number of benzene rings is 1. The van der Waals surface area contributed by atoms with Gasteiger partial charge in [0.2, 0.25) is 0 Å². The van der Waals surface area contributed by atoms with Crippen molar-refractivity contribution in [2.24, 2.45) is 0 Å². The molecule has 0 aliphatic carbocycles. The molecule has 0 spiro atoms. The Balaban J connectivity index is 1.70. The molecule has 0 amide bonds. The third-order valence-corrected chi connectivity index (χ3v) is 3.79. The first kappa shape index (κ1) is 12.8. The van der Waals surface area contributed by atoms with Crippen LogP contribution in [0.25, 0.3) is 10.8 Å². The van der Waals surface area contributed by atoms with Gasteiger partial charge < -0.3 is 5.32 Å². The Morgan fingerprint density at radius 2 is 2.10 bits per heavy atom. The number of likely N-dealkylation sites (tertiary alicyclic amines) is 1. The van der Waals surface area contributed by atoms with Gasteiger partial charge in [0.15, 0.2) is 5.82 Å². The molecule has 1 aromatic heterocycles. The highest BCUT2D eigenvalue weighted by atomic mass is 15.2. The predicted octanol–water partition coefficient (Wildman–Crippen LogP) is 2.03. The van der Waals surface area contributed by atoms with Gasteiger partial charge >= 0.3 is 0 Å². The van der Waals surface area contributed by atoms with E-state index >= 15 is 0 Å². The Morgan fingerprint density at radius 1 is 1.30 bits per heavy atom. The van der Waals surface area contributed by atoms with Gasteiger partial charge in [-0.25, -0.2) is 0 Å². The molecule has 1 aliphatic heterocycles. The molecule has 0 saturated carbocycles. The Kier molecular flexibility index (Phi) is 3.75. The Bertz CT molecular complexity index is 620. The van der Waals surface area contributed by atoms with Gasteiger partial charge in [0, 0.05) is 29.9 Å². The lowest BCUT2D eigenvalue weighted by molar-refractivity contribution is 0.242. The third-order valence-electron chi connectivity index (χ3n) is 3.79. The topological polar surface area (TPSA) is 64.8 Å². The highest BCUT2D eigenvalue weighted by Gasteiger charge is 2.19. The van der Waals surface area contributed by atoms with Crippen molar-refractivity contribution >= 4 is 16.6 Å². The quantitative estimate of drug-likeness (QED) is 0.862. The minimum absolute atomic E-state index is 0.407. The average molecular weight is 267 g/mol. The van der Waals surface area contributed by atoms with Crippen molar-refractivity contribution in [2.45, 2.75) is 18.9 Å². The normalized spacial score (nSPS) is 16.9. The maximum Gasteiger partial charge on any atom is 0.156 e. The molecule has 1 aromatic carbocycles. The van der Waals surface area contributed by atoms with E-state index in [2.05, 4.69) is 32.5 Å². The van der Waals surface area contributed by atoms with Gasteiger partial charge in [0.1, 0.15) is 0 Å². The van der Waals surface area contributed by atoms with Gasteiger partial charge in [0.25, 0.3) is 0 Å². The van der Waals surface area contributed by atoms with Gasteiger partial charge in [-0.2, -0.15) is 10.4 Å². The lowest BCUT2D eigenvalue weighted by Gasteiger charge is -2.31. The van der Waals surface area contributed by atoms with Crippen LogP contribution in [-0.4, -0.2) is 40.8 Å². The summed E-state index contributed by atoms with van der Waals surface area (Å²) in [4.78, 5) is 2.19. The summed E-state index contributed by atoms with van der Waals surface area (Å²) in [5.74, 6) is 0.863. The minimum atomic E-state index is 0.407. The first-order chi connectivity index (χ1) is 9.86. The van der Waals surface area contributed by atoms with E-state index in [9.17, 15) is 0 Å².